The zero-order valence-corrected chi connectivity index (χ0v) is 20.4. The molecule has 180 valence electrons. The summed E-state index contributed by atoms with van der Waals surface area (Å²) in [5, 5.41) is 2.88. The SMILES string of the molecule is CN(Cc1ccccc1)S(=O)(=O)c1ccc(C(=O)Nc2cccc(-c3nc4ccccc4[nH]3)c2)cc1. The first-order valence-corrected chi connectivity index (χ1v) is 12.8. The van der Waals surface area contributed by atoms with Crippen LogP contribution in [0.25, 0.3) is 22.4 Å². The van der Waals surface area contributed by atoms with Crippen molar-refractivity contribution in [1.29, 1.82) is 0 Å². The summed E-state index contributed by atoms with van der Waals surface area (Å²) < 4.78 is 27.2. The molecule has 0 saturated heterocycles. The number of nitrogens with zero attached hydrogens (tertiary/aromatic N) is 2. The topological polar surface area (TPSA) is 95.2 Å². The van der Waals surface area contributed by atoms with Crippen LogP contribution in [0.3, 0.4) is 0 Å². The number of carbonyl (C=O) groups excluding carboxylic acids is 1. The van der Waals surface area contributed by atoms with Crippen molar-refractivity contribution in [3.05, 3.63) is 114 Å². The van der Waals surface area contributed by atoms with Gasteiger partial charge >= 0.3 is 0 Å². The Labute approximate surface area is 209 Å². The second kappa shape index (κ2) is 9.77. The molecule has 36 heavy (non-hydrogen) atoms. The number of para-hydroxylation sites is 2. The van der Waals surface area contributed by atoms with Gasteiger partial charge in [0.25, 0.3) is 5.91 Å². The van der Waals surface area contributed by atoms with Gasteiger partial charge in [0, 0.05) is 30.4 Å². The first-order chi connectivity index (χ1) is 17.4. The quantitative estimate of drug-likeness (QED) is 0.320. The lowest BCUT2D eigenvalue weighted by Gasteiger charge is -2.17. The third kappa shape index (κ3) is 4.91. The summed E-state index contributed by atoms with van der Waals surface area (Å²) >= 11 is 0. The summed E-state index contributed by atoms with van der Waals surface area (Å²) in [6, 6.07) is 30.5. The van der Waals surface area contributed by atoms with Gasteiger partial charge in [0.2, 0.25) is 10.0 Å². The maximum absolute atomic E-state index is 13.0. The van der Waals surface area contributed by atoms with E-state index < -0.39 is 10.0 Å². The lowest BCUT2D eigenvalue weighted by Crippen LogP contribution is -2.26. The fourth-order valence-electron chi connectivity index (χ4n) is 3.92. The monoisotopic (exact) mass is 496 g/mol. The molecule has 0 unspecified atom stereocenters. The van der Waals surface area contributed by atoms with Crippen LogP contribution >= 0.6 is 0 Å². The normalized spacial score (nSPS) is 11.6. The van der Waals surface area contributed by atoms with Gasteiger partial charge in [0.05, 0.1) is 15.9 Å². The Morgan fingerprint density at radius 2 is 1.61 bits per heavy atom. The first kappa shape index (κ1) is 23.5. The molecule has 0 saturated carbocycles. The molecular formula is C28H24N4O3S. The zero-order valence-electron chi connectivity index (χ0n) is 19.5. The van der Waals surface area contributed by atoms with E-state index in [4.69, 9.17) is 0 Å². The number of imidazole rings is 1. The Hall–Kier alpha value is -4.27. The number of fused-ring (bicyclic) bond motifs is 1. The molecule has 0 aliphatic rings. The molecule has 0 radical (unpaired) electrons. The van der Waals surface area contributed by atoms with Gasteiger partial charge in [-0.3, -0.25) is 4.79 Å². The van der Waals surface area contributed by atoms with E-state index in [2.05, 4.69) is 15.3 Å². The third-order valence-electron chi connectivity index (χ3n) is 5.86. The first-order valence-electron chi connectivity index (χ1n) is 11.4. The van der Waals surface area contributed by atoms with Gasteiger partial charge in [-0.2, -0.15) is 4.31 Å². The molecule has 1 heterocycles. The Kier molecular flexibility index (Phi) is 6.37. The lowest BCUT2D eigenvalue weighted by atomic mass is 10.1. The van der Waals surface area contributed by atoms with Gasteiger partial charge in [-0.1, -0.05) is 54.6 Å². The van der Waals surface area contributed by atoms with Gasteiger partial charge < -0.3 is 10.3 Å². The number of hydrogen-bond donors (Lipinski definition) is 2. The van der Waals surface area contributed by atoms with E-state index in [0.29, 0.717) is 17.1 Å². The number of benzene rings is 4. The Bertz CT molecular complexity index is 1600. The molecule has 5 rings (SSSR count). The maximum Gasteiger partial charge on any atom is 0.255 e. The van der Waals surface area contributed by atoms with Gasteiger partial charge in [-0.05, 0) is 54.1 Å². The van der Waals surface area contributed by atoms with E-state index >= 15 is 0 Å². The van der Waals surface area contributed by atoms with Crippen molar-refractivity contribution in [3.8, 4) is 11.4 Å². The average molecular weight is 497 g/mol. The van der Waals surface area contributed by atoms with Crippen LogP contribution in [0.5, 0.6) is 0 Å². The largest absolute Gasteiger partial charge is 0.338 e. The fraction of sp³-hybridized carbons (Fsp3) is 0.0714. The average Bonchev–Trinajstić information content (AvgIpc) is 3.34. The van der Waals surface area contributed by atoms with Crippen LogP contribution < -0.4 is 5.32 Å². The summed E-state index contributed by atoms with van der Waals surface area (Å²) in [4.78, 5) is 20.9. The van der Waals surface area contributed by atoms with Crippen LogP contribution in [0.1, 0.15) is 15.9 Å². The van der Waals surface area contributed by atoms with E-state index in [9.17, 15) is 13.2 Å². The summed E-state index contributed by atoms with van der Waals surface area (Å²) in [5.74, 6) is 0.375. The van der Waals surface area contributed by atoms with Crippen LogP contribution in [0, 0.1) is 0 Å². The number of aromatic amines is 1. The highest BCUT2D eigenvalue weighted by atomic mass is 32.2. The van der Waals surface area contributed by atoms with Crippen LogP contribution in [0.15, 0.2) is 108 Å². The second-order valence-electron chi connectivity index (χ2n) is 8.41. The number of nitrogens with one attached hydrogen (secondary N) is 2. The number of rotatable bonds is 7. The van der Waals surface area contributed by atoms with E-state index in [1.54, 1.807) is 6.07 Å². The zero-order chi connectivity index (χ0) is 25.1. The molecule has 8 heteroatoms. The molecule has 2 N–H and O–H groups in total. The summed E-state index contributed by atoms with van der Waals surface area (Å²) in [6.07, 6.45) is 0. The third-order valence-corrected chi connectivity index (χ3v) is 7.67. The molecule has 7 nitrogen and oxygen atoms in total. The predicted octanol–water partition coefficient (Wildman–Crippen LogP) is 5.30. The lowest BCUT2D eigenvalue weighted by molar-refractivity contribution is 0.102. The van der Waals surface area contributed by atoms with Crippen molar-refractivity contribution in [1.82, 2.24) is 14.3 Å². The maximum atomic E-state index is 13.0. The molecule has 0 spiro atoms. The highest BCUT2D eigenvalue weighted by Crippen LogP contribution is 2.24. The molecule has 0 fully saturated rings. The highest BCUT2D eigenvalue weighted by molar-refractivity contribution is 7.89. The van der Waals surface area contributed by atoms with Gasteiger partial charge in [-0.25, -0.2) is 13.4 Å². The second-order valence-corrected chi connectivity index (χ2v) is 10.5. The van der Waals surface area contributed by atoms with E-state index in [-0.39, 0.29) is 17.3 Å². The summed E-state index contributed by atoms with van der Waals surface area (Å²) in [5.41, 5.74) is 4.50. The number of aromatic nitrogens is 2. The van der Waals surface area contributed by atoms with Crippen molar-refractivity contribution in [3.63, 3.8) is 0 Å². The van der Waals surface area contributed by atoms with Crippen molar-refractivity contribution in [2.75, 3.05) is 12.4 Å². The smallest absolute Gasteiger partial charge is 0.255 e. The minimum Gasteiger partial charge on any atom is -0.338 e. The summed E-state index contributed by atoms with van der Waals surface area (Å²) in [6.45, 7) is 0.257. The number of carbonyl (C=O) groups is 1. The van der Waals surface area contributed by atoms with Crippen LogP contribution in [-0.2, 0) is 16.6 Å². The molecule has 0 aliphatic heterocycles. The Morgan fingerprint density at radius 1 is 0.889 bits per heavy atom. The van der Waals surface area contributed by atoms with Crippen LogP contribution in [0.4, 0.5) is 5.69 Å². The minimum absolute atomic E-state index is 0.129. The van der Waals surface area contributed by atoms with Crippen LogP contribution in [-0.4, -0.2) is 35.6 Å². The van der Waals surface area contributed by atoms with Crippen LogP contribution in [0.2, 0.25) is 0 Å². The van der Waals surface area contributed by atoms with Gasteiger partial charge in [0.1, 0.15) is 5.82 Å². The highest BCUT2D eigenvalue weighted by Gasteiger charge is 2.21. The van der Waals surface area contributed by atoms with Crippen molar-refractivity contribution in [2.45, 2.75) is 11.4 Å². The number of anilines is 1. The molecule has 0 aliphatic carbocycles. The minimum atomic E-state index is -3.69. The summed E-state index contributed by atoms with van der Waals surface area (Å²) in [7, 11) is -2.16. The molecule has 5 aromatic rings. The molecule has 1 aromatic heterocycles. The standard InChI is InChI=1S/C28H24N4O3S/c1-32(19-20-8-3-2-4-9-20)36(34,35)24-16-14-21(15-17-24)28(33)29-23-11-7-10-22(18-23)27-30-25-12-5-6-13-26(25)31-27/h2-18H,19H2,1H3,(H,29,33)(H,30,31). The van der Waals surface area contributed by atoms with Gasteiger partial charge in [-0.15, -0.1) is 0 Å². The van der Waals surface area contributed by atoms with Crippen molar-refractivity contribution in [2.24, 2.45) is 0 Å². The fourth-order valence-corrected chi connectivity index (χ4v) is 5.08. The Morgan fingerprint density at radius 3 is 2.36 bits per heavy atom. The van der Waals surface area contributed by atoms with Gasteiger partial charge in [0.15, 0.2) is 0 Å². The van der Waals surface area contributed by atoms with Crippen molar-refractivity contribution >= 4 is 32.7 Å². The molecular weight excluding hydrogens is 472 g/mol. The molecule has 0 bridgehead atoms. The molecule has 4 aromatic carbocycles. The van der Waals surface area contributed by atoms with Crippen molar-refractivity contribution < 1.29 is 13.2 Å². The number of H-pyrrole nitrogens is 1. The molecule has 1 amide bonds. The number of amides is 1. The van der Waals surface area contributed by atoms with E-state index in [1.807, 2.05) is 72.8 Å². The predicted molar refractivity (Wildman–Crippen MR) is 141 cm³/mol. The number of sulfonamides is 1. The van der Waals surface area contributed by atoms with E-state index in [1.165, 1.54) is 35.6 Å². The van der Waals surface area contributed by atoms with E-state index in [0.717, 1.165) is 22.2 Å². The Balaban J connectivity index is 1.29. The molecule has 0 atom stereocenters. The number of hydrogen-bond acceptors (Lipinski definition) is 4.